The number of nitrogens with two attached hydrogens (primary N) is 1. The van der Waals surface area contributed by atoms with Gasteiger partial charge >= 0.3 is 12.1 Å². The Balaban J connectivity index is 3.40. The maximum atomic E-state index is 10.6. The van der Waals surface area contributed by atoms with Crippen molar-refractivity contribution in [2.45, 2.75) is 19.8 Å². The van der Waals surface area contributed by atoms with E-state index in [-0.39, 0.29) is 13.2 Å². The van der Waals surface area contributed by atoms with E-state index in [4.69, 9.17) is 5.73 Å². The summed E-state index contributed by atoms with van der Waals surface area (Å²) in [4.78, 5) is 21.0. The van der Waals surface area contributed by atoms with E-state index in [1.807, 2.05) is 6.92 Å². The molecule has 0 amide bonds. The van der Waals surface area contributed by atoms with E-state index in [9.17, 15) is 9.59 Å². The zero-order valence-electron chi connectivity index (χ0n) is 7.04. The highest BCUT2D eigenvalue weighted by Crippen LogP contribution is 1.91. The zero-order valence-corrected chi connectivity index (χ0v) is 7.04. The van der Waals surface area contributed by atoms with E-state index in [1.165, 1.54) is 0 Å². The summed E-state index contributed by atoms with van der Waals surface area (Å²) in [6, 6.07) is 0. The molecule has 0 aromatic carbocycles. The second kappa shape index (κ2) is 6.60. The highest BCUT2D eigenvalue weighted by molar-refractivity contribution is 5.82. The van der Waals surface area contributed by atoms with E-state index < -0.39 is 12.1 Å². The van der Waals surface area contributed by atoms with Gasteiger partial charge in [0.25, 0.3) is 0 Å². The minimum atomic E-state index is -0.973. The van der Waals surface area contributed by atoms with E-state index in [0.29, 0.717) is 0 Å². The van der Waals surface area contributed by atoms with Crippen molar-refractivity contribution in [3.8, 4) is 0 Å². The van der Waals surface area contributed by atoms with Gasteiger partial charge in [0.2, 0.25) is 0 Å². The summed E-state index contributed by atoms with van der Waals surface area (Å²) in [6.45, 7) is 1.91. The number of rotatable bonds is 4. The molecule has 2 N–H and O–H groups in total. The fraction of sp³-hybridized carbons (Fsp3) is 0.714. The van der Waals surface area contributed by atoms with Crippen molar-refractivity contribution in [2.24, 2.45) is 5.73 Å². The average Bonchev–Trinajstić information content (AvgIpc) is 2.05. The molecule has 0 saturated carbocycles. The highest BCUT2D eigenvalue weighted by atomic mass is 16.7. The molecule has 0 unspecified atom stereocenters. The highest BCUT2D eigenvalue weighted by Gasteiger charge is 2.08. The number of ether oxygens (including phenoxy) is 2. The van der Waals surface area contributed by atoms with Gasteiger partial charge in [-0.2, -0.15) is 0 Å². The first-order valence-corrected chi connectivity index (χ1v) is 3.78. The zero-order chi connectivity index (χ0) is 9.40. The third-order valence-electron chi connectivity index (χ3n) is 1.08. The van der Waals surface area contributed by atoms with Crippen molar-refractivity contribution < 1.29 is 19.1 Å². The molecule has 0 radical (unpaired) electrons. The number of esters is 1. The topological polar surface area (TPSA) is 78.6 Å². The Bertz CT molecular complexity index is 157. The number of carbonyl (C=O) groups is 2. The van der Waals surface area contributed by atoms with Gasteiger partial charge < -0.3 is 15.2 Å². The van der Waals surface area contributed by atoms with Crippen LogP contribution in [0.1, 0.15) is 19.8 Å². The molecule has 0 aromatic heterocycles. The molecular formula is C7H13NO4. The van der Waals surface area contributed by atoms with Crippen LogP contribution in [-0.4, -0.2) is 25.3 Å². The van der Waals surface area contributed by atoms with Crippen LogP contribution in [0.3, 0.4) is 0 Å². The summed E-state index contributed by atoms with van der Waals surface area (Å²) >= 11 is 0. The Morgan fingerprint density at radius 1 is 1.42 bits per heavy atom. The van der Waals surface area contributed by atoms with E-state index >= 15 is 0 Å². The average molecular weight is 175 g/mol. The molecule has 5 nitrogen and oxygen atoms in total. The Kier molecular flexibility index (Phi) is 6.00. The van der Waals surface area contributed by atoms with E-state index in [0.717, 1.165) is 12.8 Å². The van der Waals surface area contributed by atoms with Crippen molar-refractivity contribution in [1.82, 2.24) is 0 Å². The van der Waals surface area contributed by atoms with Crippen LogP contribution in [0.4, 0.5) is 4.79 Å². The van der Waals surface area contributed by atoms with Crippen LogP contribution < -0.4 is 5.73 Å². The van der Waals surface area contributed by atoms with Crippen molar-refractivity contribution in [3.05, 3.63) is 0 Å². The van der Waals surface area contributed by atoms with Crippen LogP contribution in [0.2, 0.25) is 0 Å². The molecule has 0 rings (SSSR count). The molecule has 0 atom stereocenters. The second-order valence-electron chi connectivity index (χ2n) is 2.13. The number of unbranched alkanes of at least 4 members (excludes halogenated alkanes) is 1. The maximum absolute atomic E-state index is 10.6. The molecule has 0 heterocycles. The number of carbonyl (C=O) groups excluding carboxylic acids is 2. The predicted octanol–water partition coefficient (Wildman–Crippen LogP) is 0.425. The Morgan fingerprint density at radius 2 is 2.08 bits per heavy atom. The summed E-state index contributed by atoms with van der Waals surface area (Å²) in [5.74, 6) is -0.781. The predicted molar refractivity (Wildman–Crippen MR) is 41.4 cm³/mol. The molecule has 5 heteroatoms. The Morgan fingerprint density at radius 3 is 2.58 bits per heavy atom. The largest absolute Gasteiger partial charge is 0.516 e. The molecule has 0 aliphatic heterocycles. The van der Waals surface area contributed by atoms with Gasteiger partial charge in [-0.15, -0.1) is 0 Å². The van der Waals surface area contributed by atoms with Crippen molar-refractivity contribution in [1.29, 1.82) is 0 Å². The maximum Gasteiger partial charge on any atom is 0.516 e. The molecule has 12 heavy (non-hydrogen) atoms. The standard InChI is InChI=1S/C7H13NO4/c1-2-3-4-11-7(10)12-6(9)5-8/h2-5,8H2,1H3. The van der Waals surface area contributed by atoms with Gasteiger partial charge in [0.15, 0.2) is 0 Å². The lowest BCUT2D eigenvalue weighted by Crippen LogP contribution is -2.21. The van der Waals surface area contributed by atoms with Crippen LogP contribution in [-0.2, 0) is 14.3 Å². The minimum absolute atomic E-state index is 0.271. The molecule has 0 aromatic rings. The SMILES string of the molecule is CCCCOC(=O)OC(=O)CN. The Labute approximate surface area is 70.8 Å². The summed E-state index contributed by atoms with van der Waals surface area (Å²) in [6.07, 6.45) is 0.697. The third kappa shape index (κ3) is 5.67. The van der Waals surface area contributed by atoms with Gasteiger partial charge in [-0.25, -0.2) is 4.79 Å². The first-order chi connectivity index (χ1) is 5.70. The van der Waals surface area contributed by atoms with Crippen LogP contribution in [0.15, 0.2) is 0 Å². The molecular weight excluding hydrogens is 162 g/mol. The van der Waals surface area contributed by atoms with Gasteiger partial charge in [0.1, 0.15) is 0 Å². The van der Waals surface area contributed by atoms with Gasteiger partial charge in [0.05, 0.1) is 13.2 Å². The Hall–Kier alpha value is -1.10. The number of hydrogen-bond acceptors (Lipinski definition) is 5. The molecule has 0 saturated heterocycles. The van der Waals surface area contributed by atoms with Crippen LogP contribution in [0.5, 0.6) is 0 Å². The normalized spacial score (nSPS) is 9.17. The van der Waals surface area contributed by atoms with Gasteiger partial charge in [-0.1, -0.05) is 13.3 Å². The lowest BCUT2D eigenvalue weighted by atomic mass is 10.4. The van der Waals surface area contributed by atoms with Gasteiger partial charge in [-0.05, 0) is 6.42 Å². The van der Waals surface area contributed by atoms with Crippen LogP contribution >= 0.6 is 0 Å². The van der Waals surface area contributed by atoms with Crippen molar-refractivity contribution >= 4 is 12.1 Å². The fourth-order valence-corrected chi connectivity index (χ4v) is 0.464. The lowest BCUT2D eigenvalue weighted by molar-refractivity contribution is -0.138. The quantitative estimate of drug-likeness (QED) is 0.380. The molecule has 70 valence electrons. The third-order valence-corrected chi connectivity index (χ3v) is 1.08. The van der Waals surface area contributed by atoms with E-state index in [1.54, 1.807) is 0 Å². The fourth-order valence-electron chi connectivity index (χ4n) is 0.464. The van der Waals surface area contributed by atoms with Crippen LogP contribution in [0, 0.1) is 0 Å². The molecule has 0 bridgehead atoms. The molecule has 0 aliphatic carbocycles. The van der Waals surface area contributed by atoms with Crippen LogP contribution in [0.25, 0.3) is 0 Å². The first kappa shape index (κ1) is 10.9. The minimum Gasteiger partial charge on any atom is -0.434 e. The van der Waals surface area contributed by atoms with Crippen molar-refractivity contribution in [2.75, 3.05) is 13.2 Å². The first-order valence-electron chi connectivity index (χ1n) is 3.78. The summed E-state index contributed by atoms with van der Waals surface area (Å²) in [5, 5.41) is 0. The summed E-state index contributed by atoms with van der Waals surface area (Å²) in [5.41, 5.74) is 4.89. The van der Waals surface area contributed by atoms with E-state index in [2.05, 4.69) is 9.47 Å². The smallest absolute Gasteiger partial charge is 0.434 e. The number of hydrogen-bond donors (Lipinski definition) is 1. The van der Waals surface area contributed by atoms with Gasteiger partial charge in [0, 0.05) is 0 Å². The van der Waals surface area contributed by atoms with Gasteiger partial charge in [-0.3, -0.25) is 4.79 Å². The molecule has 0 aliphatic rings. The summed E-state index contributed by atoms with van der Waals surface area (Å²) < 4.78 is 8.64. The molecule has 0 fully saturated rings. The molecule has 0 spiro atoms. The van der Waals surface area contributed by atoms with Crippen molar-refractivity contribution in [3.63, 3.8) is 0 Å². The monoisotopic (exact) mass is 175 g/mol. The lowest BCUT2D eigenvalue weighted by Gasteiger charge is -2.01. The second-order valence-corrected chi connectivity index (χ2v) is 2.13. The summed E-state index contributed by atoms with van der Waals surface area (Å²) in [7, 11) is 0.